The van der Waals surface area contributed by atoms with Gasteiger partial charge in [0.25, 0.3) is 5.29 Å². The van der Waals surface area contributed by atoms with Gasteiger partial charge in [-0.15, -0.1) is 0 Å². The molecule has 0 aliphatic carbocycles. The molecule has 7 heavy (non-hydrogen) atoms. The topological polar surface area (TPSA) is 0 Å². The van der Waals surface area contributed by atoms with E-state index in [4.69, 9.17) is 0 Å². The normalized spacial score (nSPS) is 6.86. The van der Waals surface area contributed by atoms with Crippen molar-refractivity contribution >= 4 is 22.6 Å². The summed E-state index contributed by atoms with van der Waals surface area (Å²) in [4.78, 5) is 0. The van der Waals surface area contributed by atoms with Crippen molar-refractivity contribution in [3.63, 3.8) is 0 Å². The summed E-state index contributed by atoms with van der Waals surface area (Å²) in [6.45, 7) is 0. The molecular weight excluding hydrogens is 145 g/mol. The van der Waals surface area contributed by atoms with Gasteiger partial charge in [-0.05, 0) is 22.6 Å². The van der Waals surface area contributed by atoms with Gasteiger partial charge in [0.1, 0.15) is 0 Å². The minimum atomic E-state index is -2.48. The molecule has 0 bridgehead atoms. The number of halogens is 4. The minimum Gasteiger partial charge on any atom is -0.188 e. The molecule has 0 aliphatic rings. The highest BCUT2D eigenvalue weighted by molar-refractivity contribution is 6.28. The van der Waals surface area contributed by atoms with Crippen LogP contribution in [0.1, 0.15) is 0 Å². The van der Waals surface area contributed by atoms with Gasteiger partial charge in [-0.1, -0.05) is 0 Å². The molecule has 0 atom stereocenters. The first-order valence-corrected chi connectivity index (χ1v) is 1.38. The molecule has 0 radical (unpaired) electrons. The van der Waals surface area contributed by atoms with Gasteiger partial charge in [0.2, 0.25) is 0 Å². The van der Waals surface area contributed by atoms with Gasteiger partial charge in [-0.25, -0.2) is 0 Å². The molecule has 0 aromatic carbocycles. The zero-order chi connectivity index (χ0) is 5.15. The Kier molecular flexibility index (Phi) is 6.07. The molecule has 0 saturated carbocycles. The zero-order valence-electron chi connectivity index (χ0n) is 2.51. The fourth-order valence-corrected chi connectivity index (χ4v) is 0. The lowest BCUT2D eigenvalue weighted by Gasteiger charge is -1.70. The number of rotatable bonds is 0. The third-order valence-corrected chi connectivity index (χ3v) is 0.286. The highest BCUT2D eigenvalue weighted by Crippen LogP contribution is 2.11. The summed E-state index contributed by atoms with van der Waals surface area (Å²) in [5.74, 6) is 0. The molecule has 0 heterocycles. The van der Waals surface area contributed by atoms with Crippen molar-refractivity contribution < 1.29 is 13.2 Å². The van der Waals surface area contributed by atoms with Gasteiger partial charge in [0, 0.05) is 0 Å². The molecule has 0 nitrogen and oxygen atoms in total. The third-order valence-electron chi connectivity index (χ3n) is 0.143. The van der Waals surface area contributed by atoms with E-state index in [0.29, 0.717) is 0 Å². The summed E-state index contributed by atoms with van der Waals surface area (Å²) in [5, 5.41) is -1.94. The fourth-order valence-electron chi connectivity index (χ4n) is 0. The largest absolute Gasteiger partial charge is 0.317 e. The van der Waals surface area contributed by atoms with Crippen LogP contribution in [0.4, 0.5) is 13.2 Å². The monoisotopic (exact) mass is 148 g/mol. The van der Waals surface area contributed by atoms with Crippen molar-refractivity contribution in [1.29, 1.82) is 0 Å². The van der Waals surface area contributed by atoms with E-state index >= 15 is 0 Å². The highest BCUT2D eigenvalue weighted by Gasteiger charge is 1.95. The van der Waals surface area contributed by atoms with E-state index in [0.717, 1.165) is 0 Å². The van der Waals surface area contributed by atoms with Crippen molar-refractivity contribution in [3.8, 4) is 0 Å². The Hall–Kier alpha value is 0.0369. The van der Waals surface area contributed by atoms with Crippen molar-refractivity contribution in [1.82, 2.24) is 0 Å². The quantitative estimate of drug-likeness (QED) is 0.446. The molecule has 0 spiro atoms. The Morgan fingerprint density at radius 1 is 1.14 bits per heavy atom. The molecule has 0 unspecified atom stereocenters. The van der Waals surface area contributed by atoms with Crippen LogP contribution >= 0.6 is 11.6 Å². The second-order valence-electron chi connectivity index (χ2n) is 0.521. The molecular formula is C2H4ClF3Si. The predicted molar refractivity (Wildman–Crippen MR) is 27.5 cm³/mol. The van der Waals surface area contributed by atoms with Gasteiger partial charge in [0.15, 0.2) is 0 Å². The zero-order valence-corrected chi connectivity index (χ0v) is 3.27. The lowest BCUT2D eigenvalue weighted by molar-refractivity contribution is 0.393. The highest BCUT2D eigenvalue weighted by atomic mass is 35.5. The van der Waals surface area contributed by atoms with Crippen LogP contribution in [0.15, 0.2) is 11.4 Å². The third kappa shape index (κ3) is 6.04. The van der Waals surface area contributed by atoms with Crippen LogP contribution in [0.5, 0.6) is 0 Å². The van der Waals surface area contributed by atoms with Crippen LogP contribution in [0.3, 0.4) is 0 Å². The molecule has 0 rings (SSSR count). The molecule has 0 aromatic rings. The maximum atomic E-state index is 10.7. The average Bonchev–Trinajstić information content (AvgIpc) is 1.36. The predicted octanol–water partition coefficient (Wildman–Crippen LogP) is 0.809. The van der Waals surface area contributed by atoms with Crippen LogP contribution < -0.4 is 0 Å². The van der Waals surface area contributed by atoms with Gasteiger partial charge < -0.3 is 0 Å². The average molecular weight is 149 g/mol. The summed E-state index contributed by atoms with van der Waals surface area (Å²) in [6.07, 6.45) is -2.48. The number of hydrogen-bond acceptors (Lipinski definition) is 0. The van der Waals surface area contributed by atoms with Crippen LogP contribution in [-0.4, -0.2) is 11.0 Å². The molecule has 0 aliphatic heterocycles. The van der Waals surface area contributed by atoms with Gasteiger partial charge >= 0.3 is 6.08 Å². The lowest BCUT2D eigenvalue weighted by Crippen LogP contribution is -1.54. The molecule has 0 fully saturated rings. The van der Waals surface area contributed by atoms with Gasteiger partial charge in [0.05, 0.1) is 0 Å². The molecule has 0 N–H and O–H groups in total. The van der Waals surface area contributed by atoms with Gasteiger partial charge in [-0.2, -0.15) is 13.2 Å². The van der Waals surface area contributed by atoms with E-state index in [9.17, 15) is 13.2 Å². The smallest absolute Gasteiger partial charge is 0.188 e. The second-order valence-corrected chi connectivity index (χ2v) is 0.853. The van der Waals surface area contributed by atoms with E-state index in [1.165, 1.54) is 0 Å². The first-order chi connectivity index (χ1) is 2.64. The van der Waals surface area contributed by atoms with Crippen molar-refractivity contribution in [2.75, 3.05) is 0 Å². The van der Waals surface area contributed by atoms with E-state index in [-0.39, 0.29) is 11.0 Å². The summed E-state index contributed by atoms with van der Waals surface area (Å²) in [6, 6.07) is 0. The van der Waals surface area contributed by atoms with E-state index in [2.05, 4.69) is 11.6 Å². The maximum absolute atomic E-state index is 10.7. The maximum Gasteiger partial charge on any atom is 0.317 e. The standard InChI is InChI=1S/C2ClF3.H4Si/c3-1(4)2(5)6;/h;1H4. The SMILES string of the molecule is FC(F)=C(F)Cl.[SiH4]. The molecule has 44 valence electrons. The number of hydrogen-bond donors (Lipinski definition) is 0. The Morgan fingerprint density at radius 3 is 1.29 bits per heavy atom. The van der Waals surface area contributed by atoms with Crippen LogP contribution in [0, 0.1) is 0 Å². The van der Waals surface area contributed by atoms with E-state index < -0.39 is 11.4 Å². The Labute approximate surface area is 48.0 Å². The van der Waals surface area contributed by atoms with Crippen molar-refractivity contribution in [3.05, 3.63) is 11.4 Å². The van der Waals surface area contributed by atoms with Crippen molar-refractivity contribution in [2.45, 2.75) is 0 Å². The Bertz CT molecular complexity index is 63.0. The van der Waals surface area contributed by atoms with E-state index in [1.807, 2.05) is 0 Å². The van der Waals surface area contributed by atoms with Crippen LogP contribution in [0.2, 0.25) is 0 Å². The second kappa shape index (κ2) is 4.20. The Balaban J connectivity index is 0. The Morgan fingerprint density at radius 2 is 1.29 bits per heavy atom. The summed E-state index contributed by atoms with van der Waals surface area (Å²) >= 11 is 4.08. The lowest BCUT2D eigenvalue weighted by atomic mass is 11.1. The summed E-state index contributed by atoms with van der Waals surface area (Å²) in [5.41, 5.74) is 0. The van der Waals surface area contributed by atoms with Crippen LogP contribution in [-0.2, 0) is 0 Å². The first kappa shape index (κ1) is 10.1. The molecule has 0 saturated heterocycles. The van der Waals surface area contributed by atoms with Crippen LogP contribution in [0.25, 0.3) is 0 Å². The fraction of sp³-hybridized carbons (Fsp3) is 0. The molecule has 0 amide bonds. The molecule has 5 heteroatoms. The van der Waals surface area contributed by atoms with Gasteiger partial charge in [-0.3, -0.25) is 0 Å². The summed E-state index contributed by atoms with van der Waals surface area (Å²) < 4.78 is 31.8. The first-order valence-electron chi connectivity index (χ1n) is 1.01. The van der Waals surface area contributed by atoms with Crippen molar-refractivity contribution in [2.24, 2.45) is 0 Å². The molecule has 0 aromatic heterocycles. The summed E-state index contributed by atoms with van der Waals surface area (Å²) in [7, 11) is 0. The minimum absolute atomic E-state index is 0. The van der Waals surface area contributed by atoms with E-state index in [1.54, 1.807) is 0 Å².